The van der Waals surface area contributed by atoms with E-state index in [1.807, 2.05) is 13.8 Å². The number of methoxy groups -OCH3 is 1. The Hall–Kier alpha value is -2.04. The van der Waals surface area contributed by atoms with Crippen molar-refractivity contribution in [1.29, 1.82) is 0 Å². The van der Waals surface area contributed by atoms with Gasteiger partial charge in [0, 0.05) is 6.54 Å². The summed E-state index contributed by atoms with van der Waals surface area (Å²) in [5.41, 5.74) is 1.29. The molecule has 1 amide bonds. The first-order valence-electron chi connectivity index (χ1n) is 6.63. The maximum atomic E-state index is 12.0. The number of esters is 1. The van der Waals surface area contributed by atoms with E-state index in [0.717, 1.165) is 12.0 Å². The van der Waals surface area contributed by atoms with E-state index < -0.39 is 12.1 Å². The van der Waals surface area contributed by atoms with Gasteiger partial charge in [-0.15, -0.1) is 0 Å². The van der Waals surface area contributed by atoms with Gasteiger partial charge in [0.1, 0.15) is 5.75 Å². The lowest BCUT2D eigenvalue weighted by Crippen LogP contribution is -2.36. The highest BCUT2D eigenvalue weighted by atomic mass is 16.5. The van der Waals surface area contributed by atoms with Crippen LogP contribution in [0.5, 0.6) is 5.75 Å². The van der Waals surface area contributed by atoms with Crippen molar-refractivity contribution in [3.63, 3.8) is 0 Å². The number of carbonyl (C=O) groups is 2. The normalized spacial score (nSPS) is 11.6. The molecule has 1 atom stereocenters. The van der Waals surface area contributed by atoms with Crippen LogP contribution in [-0.4, -0.2) is 31.6 Å². The molecule has 0 aliphatic carbocycles. The molecule has 1 aromatic rings. The maximum Gasteiger partial charge on any atom is 0.339 e. The average Bonchev–Trinajstić information content (AvgIpc) is 2.44. The van der Waals surface area contributed by atoms with E-state index in [2.05, 4.69) is 5.32 Å². The van der Waals surface area contributed by atoms with Gasteiger partial charge in [-0.3, -0.25) is 4.79 Å². The topological polar surface area (TPSA) is 64.6 Å². The van der Waals surface area contributed by atoms with Crippen molar-refractivity contribution >= 4 is 11.9 Å². The van der Waals surface area contributed by atoms with Gasteiger partial charge in [-0.1, -0.05) is 13.0 Å². The molecule has 0 radical (unpaired) electrons. The fourth-order valence-corrected chi connectivity index (χ4v) is 1.62. The Balaban J connectivity index is 2.69. The molecule has 0 bridgehead atoms. The van der Waals surface area contributed by atoms with E-state index in [1.54, 1.807) is 25.1 Å². The predicted octanol–water partition coefficient (Wildman–Crippen LogP) is 2.08. The van der Waals surface area contributed by atoms with Gasteiger partial charge in [0.15, 0.2) is 6.10 Å². The number of amides is 1. The summed E-state index contributed by atoms with van der Waals surface area (Å²) in [5.74, 6) is -0.218. The molecule has 0 unspecified atom stereocenters. The molecule has 0 aromatic heterocycles. The molecule has 1 aromatic carbocycles. The van der Waals surface area contributed by atoms with Crippen LogP contribution < -0.4 is 10.1 Å². The summed E-state index contributed by atoms with van der Waals surface area (Å²) in [4.78, 5) is 23.6. The molecule has 1 rings (SSSR count). The second-order valence-electron chi connectivity index (χ2n) is 4.52. The smallest absolute Gasteiger partial charge is 0.339 e. The van der Waals surface area contributed by atoms with E-state index >= 15 is 0 Å². The van der Waals surface area contributed by atoms with Crippen LogP contribution in [0.4, 0.5) is 0 Å². The van der Waals surface area contributed by atoms with Crippen LogP contribution in [0.25, 0.3) is 0 Å². The van der Waals surface area contributed by atoms with E-state index in [0.29, 0.717) is 17.9 Å². The van der Waals surface area contributed by atoms with Crippen LogP contribution in [0, 0.1) is 6.92 Å². The Labute approximate surface area is 119 Å². The zero-order valence-corrected chi connectivity index (χ0v) is 12.4. The van der Waals surface area contributed by atoms with Crippen LogP contribution in [0.1, 0.15) is 36.2 Å². The first kappa shape index (κ1) is 16.0. The molecule has 0 saturated carbocycles. The van der Waals surface area contributed by atoms with Crippen LogP contribution in [0.2, 0.25) is 0 Å². The Bertz CT molecular complexity index is 485. The van der Waals surface area contributed by atoms with Crippen molar-refractivity contribution in [2.24, 2.45) is 0 Å². The SMILES string of the molecule is CCCNC(=O)[C@@H](C)OC(=O)c1ccc(C)c(OC)c1. The number of nitrogens with one attached hydrogen (secondary N) is 1. The summed E-state index contributed by atoms with van der Waals surface area (Å²) in [5, 5.41) is 2.68. The third-order valence-electron chi connectivity index (χ3n) is 2.85. The summed E-state index contributed by atoms with van der Waals surface area (Å²) in [6.07, 6.45) is 0.0167. The third kappa shape index (κ3) is 4.26. The van der Waals surface area contributed by atoms with Crippen LogP contribution in [0.15, 0.2) is 18.2 Å². The lowest BCUT2D eigenvalue weighted by molar-refractivity contribution is -0.129. The summed E-state index contributed by atoms with van der Waals surface area (Å²) in [6, 6.07) is 5.03. The van der Waals surface area contributed by atoms with E-state index in [-0.39, 0.29) is 5.91 Å². The van der Waals surface area contributed by atoms with Crippen molar-refractivity contribution < 1.29 is 19.1 Å². The molecular weight excluding hydrogens is 258 g/mol. The lowest BCUT2D eigenvalue weighted by atomic mass is 10.1. The Kier molecular flexibility index (Phi) is 6.03. The average molecular weight is 279 g/mol. The standard InChI is InChI=1S/C15H21NO4/c1-5-8-16-14(17)11(3)20-15(18)12-7-6-10(2)13(9-12)19-4/h6-7,9,11H,5,8H2,1-4H3,(H,16,17)/t11-/m1/s1. The minimum Gasteiger partial charge on any atom is -0.496 e. The fraction of sp³-hybridized carbons (Fsp3) is 0.467. The van der Waals surface area contributed by atoms with E-state index in [4.69, 9.17) is 9.47 Å². The third-order valence-corrected chi connectivity index (χ3v) is 2.85. The van der Waals surface area contributed by atoms with Crippen molar-refractivity contribution in [2.45, 2.75) is 33.3 Å². The molecule has 20 heavy (non-hydrogen) atoms. The molecule has 0 fully saturated rings. The number of carbonyl (C=O) groups excluding carboxylic acids is 2. The Morgan fingerprint density at radius 3 is 2.65 bits per heavy atom. The van der Waals surface area contributed by atoms with Crippen molar-refractivity contribution in [1.82, 2.24) is 5.32 Å². The van der Waals surface area contributed by atoms with Gasteiger partial charge in [-0.25, -0.2) is 4.79 Å². The second-order valence-corrected chi connectivity index (χ2v) is 4.52. The minimum absolute atomic E-state index is 0.292. The predicted molar refractivity (Wildman–Crippen MR) is 75.9 cm³/mol. The van der Waals surface area contributed by atoms with E-state index in [1.165, 1.54) is 7.11 Å². The second kappa shape index (κ2) is 7.53. The molecule has 0 aliphatic rings. The van der Waals surface area contributed by atoms with Crippen LogP contribution in [-0.2, 0) is 9.53 Å². The first-order chi connectivity index (χ1) is 9.49. The number of ether oxygens (including phenoxy) is 2. The largest absolute Gasteiger partial charge is 0.496 e. The Morgan fingerprint density at radius 1 is 1.35 bits per heavy atom. The van der Waals surface area contributed by atoms with Crippen LogP contribution >= 0.6 is 0 Å². The molecule has 0 aliphatic heterocycles. The summed E-state index contributed by atoms with van der Waals surface area (Å²) in [7, 11) is 1.54. The molecule has 110 valence electrons. The number of rotatable bonds is 6. The molecule has 1 N–H and O–H groups in total. The quantitative estimate of drug-likeness (QED) is 0.810. The van der Waals surface area contributed by atoms with Crippen molar-refractivity contribution in [3.8, 4) is 5.75 Å². The number of hydrogen-bond donors (Lipinski definition) is 1. The zero-order chi connectivity index (χ0) is 15.1. The zero-order valence-electron chi connectivity index (χ0n) is 12.4. The van der Waals surface area contributed by atoms with Crippen molar-refractivity contribution in [3.05, 3.63) is 29.3 Å². The van der Waals surface area contributed by atoms with Crippen LogP contribution in [0.3, 0.4) is 0 Å². The van der Waals surface area contributed by atoms with Gasteiger partial charge < -0.3 is 14.8 Å². The minimum atomic E-state index is -0.818. The van der Waals surface area contributed by atoms with Crippen molar-refractivity contribution in [2.75, 3.05) is 13.7 Å². The number of hydrogen-bond acceptors (Lipinski definition) is 4. The monoisotopic (exact) mass is 279 g/mol. The fourth-order valence-electron chi connectivity index (χ4n) is 1.62. The highest BCUT2D eigenvalue weighted by Crippen LogP contribution is 2.19. The molecular formula is C15H21NO4. The van der Waals surface area contributed by atoms with E-state index in [9.17, 15) is 9.59 Å². The summed E-state index contributed by atoms with van der Waals surface area (Å²) in [6.45, 7) is 5.96. The molecule has 0 heterocycles. The van der Waals surface area contributed by atoms with Gasteiger partial charge in [0.25, 0.3) is 5.91 Å². The maximum absolute atomic E-state index is 12.0. The van der Waals surface area contributed by atoms with Gasteiger partial charge in [-0.2, -0.15) is 0 Å². The van der Waals surface area contributed by atoms with Gasteiger partial charge in [-0.05, 0) is 38.0 Å². The molecule has 0 saturated heterocycles. The highest BCUT2D eigenvalue weighted by Gasteiger charge is 2.19. The molecule has 5 nitrogen and oxygen atoms in total. The highest BCUT2D eigenvalue weighted by molar-refractivity contribution is 5.92. The number of benzene rings is 1. The lowest BCUT2D eigenvalue weighted by Gasteiger charge is -2.14. The van der Waals surface area contributed by atoms with Gasteiger partial charge in [0.05, 0.1) is 12.7 Å². The number of aryl methyl sites for hydroxylation is 1. The summed E-state index contributed by atoms with van der Waals surface area (Å²) < 4.78 is 10.3. The van der Waals surface area contributed by atoms with Gasteiger partial charge >= 0.3 is 5.97 Å². The van der Waals surface area contributed by atoms with Gasteiger partial charge in [0.2, 0.25) is 0 Å². The summed E-state index contributed by atoms with van der Waals surface area (Å²) >= 11 is 0. The first-order valence-corrected chi connectivity index (χ1v) is 6.63. The Morgan fingerprint density at radius 2 is 2.05 bits per heavy atom. The molecule has 0 spiro atoms. The molecule has 5 heteroatoms.